The van der Waals surface area contributed by atoms with Crippen LogP contribution in [-0.2, 0) is 13.1 Å². The van der Waals surface area contributed by atoms with E-state index in [4.69, 9.17) is 10.2 Å². The Morgan fingerprint density at radius 2 is 2.39 bits per heavy atom. The van der Waals surface area contributed by atoms with Crippen molar-refractivity contribution in [1.82, 2.24) is 14.9 Å². The first kappa shape index (κ1) is 12.4. The van der Waals surface area contributed by atoms with Gasteiger partial charge in [0, 0.05) is 25.5 Å². The highest BCUT2D eigenvalue weighted by molar-refractivity contribution is 5.91. The average molecular weight is 248 g/mol. The van der Waals surface area contributed by atoms with Gasteiger partial charge in [-0.3, -0.25) is 4.79 Å². The molecule has 0 spiro atoms. The molecule has 6 nitrogen and oxygen atoms in total. The molecule has 0 radical (unpaired) electrons. The van der Waals surface area contributed by atoms with Crippen molar-refractivity contribution in [1.29, 1.82) is 0 Å². The Morgan fingerprint density at radius 3 is 3.06 bits per heavy atom. The molecule has 0 aliphatic carbocycles. The fraction of sp³-hybridized carbons (Fsp3) is 0.333. The van der Waals surface area contributed by atoms with Crippen molar-refractivity contribution < 1.29 is 9.21 Å². The molecule has 0 fully saturated rings. The summed E-state index contributed by atoms with van der Waals surface area (Å²) in [6.07, 6.45) is 6.21. The van der Waals surface area contributed by atoms with Gasteiger partial charge in [-0.25, -0.2) is 4.98 Å². The molecular formula is C12H16N4O2. The summed E-state index contributed by atoms with van der Waals surface area (Å²) in [5, 5.41) is 2.79. The first-order valence-electron chi connectivity index (χ1n) is 5.82. The van der Waals surface area contributed by atoms with Crippen molar-refractivity contribution in [2.24, 2.45) is 5.73 Å². The molecular weight excluding hydrogens is 232 g/mol. The van der Waals surface area contributed by atoms with E-state index in [1.165, 1.54) is 0 Å². The van der Waals surface area contributed by atoms with Crippen LogP contribution in [0.4, 0.5) is 0 Å². The monoisotopic (exact) mass is 248 g/mol. The third-order valence-corrected chi connectivity index (χ3v) is 2.52. The van der Waals surface area contributed by atoms with E-state index in [0.717, 1.165) is 13.0 Å². The van der Waals surface area contributed by atoms with E-state index in [-0.39, 0.29) is 5.91 Å². The summed E-state index contributed by atoms with van der Waals surface area (Å²) in [5.41, 5.74) is 5.41. The van der Waals surface area contributed by atoms with Crippen LogP contribution in [0.1, 0.15) is 22.7 Å². The zero-order valence-corrected chi connectivity index (χ0v) is 10.0. The number of amides is 1. The molecule has 6 heteroatoms. The number of nitrogens with zero attached hydrogens (tertiary/aromatic N) is 2. The molecule has 1 amide bonds. The smallest absolute Gasteiger partial charge is 0.286 e. The van der Waals surface area contributed by atoms with Crippen molar-refractivity contribution in [2.45, 2.75) is 19.5 Å². The third kappa shape index (κ3) is 3.21. The second kappa shape index (κ2) is 6.02. The number of hydrogen-bond acceptors (Lipinski definition) is 4. The zero-order chi connectivity index (χ0) is 12.8. The first-order valence-corrected chi connectivity index (χ1v) is 5.82. The van der Waals surface area contributed by atoms with Crippen LogP contribution in [0, 0.1) is 0 Å². The van der Waals surface area contributed by atoms with Crippen molar-refractivity contribution in [3.05, 3.63) is 42.4 Å². The minimum atomic E-state index is -0.208. The van der Waals surface area contributed by atoms with Gasteiger partial charge in [0.2, 0.25) is 0 Å². The molecule has 2 aromatic rings. The quantitative estimate of drug-likeness (QED) is 0.739. The molecule has 0 saturated carbocycles. The van der Waals surface area contributed by atoms with Gasteiger partial charge in [0.1, 0.15) is 5.76 Å². The van der Waals surface area contributed by atoms with Crippen LogP contribution in [0.5, 0.6) is 0 Å². The van der Waals surface area contributed by atoms with E-state index in [9.17, 15) is 4.79 Å². The predicted molar refractivity (Wildman–Crippen MR) is 65.8 cm³/mol. The van der Waals surface area contributed by atoms with E-state index in [0.29, 0.717) is 24.6 Å². The SMILES string of the molecule is NCc1ccc(C(=O)NCCCn2ccnc2)o1. The van der Waals surface area contributed by atoms with Gasteiger partial charge in [0.15, 0.2) is 5.76 Å². The summed E-state index contributed by atoms with van der Waals surface area (Å²) in [6.45, 7) is 1.72. The number of aromatic nitrogens is 2. The second-order valence-electron chi connectivity index (χ2n) is 3.88. The molecule has 3 N–H and O–H groups in total. The summed E-state index contributed by atoms with van der Waals surface area (Å²) < 4.78 is 7.21. The Balaban J connectivity index is 1.71. The molecule has 2 rings (SSSR count). The highest BCUT2D eigenvalue weighted by Gasteiger charge is 2.09. The number of carbonyl (C=O) groups excluding carboxylic acids is 1. The maximum absolute atomic E-state index is 11.7. The highest BCUT2D eigenvalue weighted by Crippen LogP contribution is 2.06. The Hall–Kier alpha value is -2.08. The average Bonchev–Trinajstić information content (AvgIpc) is 3.05. The number of hydrogen-bond donors (Lipinski definition) is 2. The number of nitrogens with two attached hydrogens (primary N) is 1. The Labute approximate surface area is 105 Å². The number of aryl methyl sites for hydroxylation is 1. The molecule has 0 unspecified atom stereocenters. The van der Waals surface area contributed by atoms with Crippen molar-refractivity contribution in [2.75, 3.05) is 6.54 Å². The van der Waals surface area contributed by atoms with Crippen LogP contribution < -0.4 is 11.1 Å². The Kier molecular flexibility index (Phi) is 4.14. The van der Waals surface area contributed by atoms with Gasteiger partial charge in [0.05, 0.1) is 12.9 Å². The van der Waals surface area contributed by atoms with E-state index in [1.54, 1.807) is 24.7 Å². The molecule has 0 aromatic carbocycles. The van der Waals surface area contributed by atoms with Crippen LogP contribution in [0.3, 0.4) is 0 Å². The molecule has 0 aliphatic rings. The maximum Gasteiger partial charge on any atom is 0.286 e. The highest BCUT2D eigenvalue weighted by atomic mass is 16.4. The molecule has 0 atom stereocenters. The van der Waals surface area contributed by atoms with Gasteiger partial charge >= 0.3 is 0 Å². The largest absolute Gasteiger partial charge is 0.455 e. The molecule has 2 heterocycles. The van der Waals surface area contributed by atoms with Gasteiger partial charge in [0.25, 0.3) is 5.91 Å². The van der Waals surface area contributed by atoms with E-state index in [2.05, 4.69) is 10.3 Å². The molecule has 18 heavy (non-hydrogen) atoms. The van der Waals surface area contributed by atoms with Crippen molar-refractivity contribution in [3.63, 3.8) is 0 Å². The minimum absolute atomic E-state index is 0.208. The molecule has 0 aliphatic heterocycles. The normalized spacial score (nSPS) is 10.5. The van der Waals surface area contributed by atoms with Gasteiger partial charge in [-0.15, -0.1) is 0 Å². The van der Waals surface area contributed by atoms with Gasteiger partial charge in [-0.1, -0.05) is 0 Å². The lowest BCUT2D eigenvalue weighted by atomic mass is 10.3. The van der Waals surface area contributed by atoms with Gasteiger partial charge in [-0.05, 0) is 18.6 Å². The lowest BCUT2D eigenvalue weighted by molar-refractivity contribution is 0.0923. The van der Waals surface area contributed by atoms with Crippen molar-refractivity contribution in [3.8, 4) is 0 Å². The number of furan rings is 1. The topological polar surface area (TPSA) is 86.1 Å². The van der Waals surface area contributed by atoms with Crippen LogP contribution in [0.15, 0.2) is 35.3 Å². The summed E-state index contributed by atoms with van der Waals surface area (Å²) in [7, 11) is 0. The van der Waals surface area contributed by atoms with Crippen LogP contribution in [0.25, 0.3) is 0 Å². The third-order valence-electron chi connectivity index (χ3n) is 2.52. The maximum atomic E-state index is 11.7. The lowest BCUT2D eigenvalue weighted by Gasteiger charge is -2.03. The molecule has 96 valence electrons. The fourth-order valence-electron chi connectivity index (χ4n) is 1.58. The summed E-state index contributed by atoms with van der Waals surface area (Å²) in [5.74, 6) is 0.706. The second-order valence-corrected chi connectivity index (χ2v) is 3.88. The van der Waals surface area contributed by atoms with Gasteiger partial charge < -0.3 is 20.0 Å². The molecule has 0 bridgehead atoms. The van der Waals surface area contributed by atoms with E-state index >= 15 is 0 Å². The summed E-state index contributed by atoms with van der Waals surface area (Å²) in [6, 6.07) is 3.34. The molecule has 0 saturated heterocycles. The standard InChI is InChI=1S/C12H16N4O2/c13-8-10-2-3-11(18-10)12(17)15-4-1-6-16-7-5-14-9-16/h2-3,5,7,9H,1,4,6,8,13H2,(H,15,17). The van der Waals surface area contributed by atoms with E-state index in [1.807, 2.05) is 10.8 Å². The molecule has 2 aromatic heterocycles. The van der Waals surface area contributed by atoms with Crippen molar-refractivity contribution >= 4 is 5.91 Å². The van der Waals surface area contributed by atoms with Crippen LogP contribution in [-0.4, -0.2) is 22.0 Å². The Morgan fingerprint density at radius 1 is 1.50 bits per heavy atom. The summed E-state index contributed by atoms with van der Waals surface area (Å²) >= 11 is 0. The fourth-order valence-corrected chi connectivity index (χ4v) is 1.58. The van der Waals surface area contributed by atoms with Crippen LogP contribution >= 0.6 is 0 Å². The summed E-state index contributed by atoms with van der Waals surface area (Å²) in [4.78, 5) is 15.6. The minimum Gasteiger partial charge on any atom is -0.455 e. The first-order chi connectivity index (χ1) is 8.79. The Bertz CT molecular complexity index is 490. The van der Waals surface area contributed by atoms with Crippen LogP contribution in [0.2, 0.25) is 0 Å². The number of rotatable bonds is 6. The lowest BCUT2D eigenvalue weighted by Crippen LogP contribution is -2.24. The zero-order valence-electron chi connectivity index (χ0n) is 10.0. The number of nitrogens with one attached hydrogen (secondary N) is 1. The number of carbonyl (C=O) groups is 1. The predicted octanol–water partition coefficient (Wildman–Crippen LogP) is 0.755. The number of imidazole rings is 1. The van der Waals surface area contributed by atoms with Gasteiger partial charge in [-0.2, -0.15) is 0 Å². The van der Waals surface area contributed by atoms with E-state index < -0.39 is 0 Å².